The summed E-state index contributed by atoms with van der Waals surface area (Å²) < 4.78 is 0. The van der Waals surface area contributed by atoms with Gasteiger partial charge in [0, 0.05) is 19.5 Å². The molecule has 0 bridgehead atoms. The van der Waals surface area contributed by atoms with Crippen molar-refractivity contribution in [3.63, 3.8) is 0 Å². The van der Waals surface area contributed by atoms with Gasteiger partial charge in [-0.05, 0) is 0 Å². The summed E-state index contributed by atoms with van der Waals surface area (Å²) in [6, 6.07) is 0. The Bertz CT molecular complexity index is 306. The average molecular weight is 186 g/mol. The van der Waals surface area contributed by atoms with E-state index in [0.717, 1.165) is 11.3 Å². The van der Waals surface area contributed by atoms with Crippen LogP contribution in [0.1, 0.15) is 10.4 Å². The molecule has 0 aliphatic heterocycles. The summed E-state index contributed by atoms with van der Waals surface area (Å²) in [4.78, 5) is 12.7. The molecule has 0 aliphatic carbocycles. The van der Waals surface area contributed by atoms with Gasteiger partial charge in [0.1, 0.15) is 5.00 Å². The highest BCUT2D eigenvalue weighted by Crippen LogP contribution is 2.32. The summed E-state index contributed by atoms with van der Waals surface area (Å²) in [5.41, 5.74) is 5.64. The van der Waals surface area contributed by atoms with Crippen LogP contribution in [0.3, 0.4) is 0 Å². The van der Waals surface area contributed by atoms with Gasteiger partial charge in [0.15, 0.2) is 5.75 Å². The molecule has 0 spiro atoms. The van der Waals surface area contributed by atoms with Gasteiger partial charge < -0.3 is 15.7 Å². The molecule has 0 radical (unpaired) electrons. The quantitative estimate of drug-likeness (QED) is 0.679. The Labute approximate surface area is 74.2 Å². The van der Waals surface area contributed by atoms with Crippen molar-refractivity contribution >= 4 is 22.2 Å². The Balaban J connectivity index is 3.04. The molecule has 0 aromatic carbocycles. The zero-order valence-corrected chi connectivity index (χ0v) is 7.68. The largest absolute Gasteiger partial charge is 0.504 e. The molecule has 1 heterocycles. The highest BCUT2D eigenvalue weighted by Gasteiger charge is 2.16. The molecule has 1 amide bonds. The Morgan fingerprint density at radius 3 is 2.58 bits per heavy atom. The maximum atomic E-state index is 11.3. The molecular weight excluding hydrogens is 176 g/mol. The molecule has 3 N–H and O–H groups in total. The minimum atomic E-state index is -0.236. The maximum absolute atomic E-state index is 11.3. The third-order valence-electron chi connectivity index (χ3n) is 1.43. The normalized spacial score (nSPS) is 9.83. The number of carbonyl (C=O) groups excluding carboxylic acids is 1. The number of anilines is 1. The molecule has 4 nitrogen and oxygen atoms in total. The van der Waals surface area contributed by atoms with E-state index in [2.05, 4.69) is 0 Å². The van der Waals surface area contributed by atoms with E-state index in [1.807, 2.05) is 0 Å². The monoisotopic (exact) mass is 186 g/mol. The van der Waals surface area contributed by atoms with Crippen LogP contribution in [0.25, 0.3) is 0 Å². The van der Waals surface area contributed by atoms with E-state index >= 15 is 0 Å². The van der Waals surface area contributed by atoms with E-state index in [-0.39, 0.29) is 22.2 Å². The number of carbonyl (C=O) groups is 1. The van der Waals surface area contributed by atoms with Crippen molar-refractivity contribution in [3.8, 4) is 5.75 Å². The van der Waals surface area contributed by atoms with E-state index in [1.54, 1.807) is 19.5 Å². The van der Waals surface area contributed by atoms with Gasteiger partial charge in [0.25, 0.3) is 5.91 Å². The van der Waals surface area contributed by atoms with Gasteiger partial charge in [-0.2, -0.15) is 0 Å². The molecule has 0 unspecified atom stereocenters. The molecule has 5 heteroatoms. The average Bonchev–Trinajstić information content (AvgIpc) is 2.32. The van der Waals surface area contributed by atoms with Crippen LogP contribution >= 0.6 is 11.3 Å². The fraction of sp³-hybridized carbons (Fsp3) is 0.286. The van der Waals surface area contributed by atoms with Gasteiger partial charge in [-0.15, -0.1) is 11.3 Å². The first-order valence-electron chi connectivity index (χ1n) is 3.31. The number of hydrogen-bond donors (Lipinski definition) is 2. The van der Waals surface area contributed by atoms with Crippen molar-refractivity contribution in [2.75, 3.05) is 19.8 Å². The summed E-state index contributed by atoms with van der Waals surface area (Å²) in [6.45, 7) is 0. The number of nitrogens with zero attached hydrogens (tertiary/aromatic N) is 1. The van der Waals surface area contributed by atoms with Crippen LogP contribution in [-0.4, -0.2) is 30.0 Å². The van der Waals surface area contributed by atoms with Gasteiger partial charge in [-0.3, -0.25) is 4.79 Å². The maximum Gasteiger partial charge on any atom is 0.258 e. The minimum absolute atomic E-state index is 0.112. The summed E-state index contributed by atoms with van der Waals surface area (Å²) in [5.74, 6) is -0.348. The predicted molar refractivity (Wildman–Crippen MR) is 48.4 cm³/mol. The third-order valence-corrected chi connectivity index (χ3v) is 2.23. The van der Waals surface area contributed by atoms with Crippen LogP contribution in [0.5, 0.6) is 5.75 Å². The predicted octanol–water partition coefficient (Wildman–Crippen LogP) is 0.738. The second-order valence-corrected chi connectivity index (χ2v) is 3.47. The number of hydrogen-bond acceptors (Lipinski definition) is 4. The van der Waals surface area contributed by atoms with Crippen molar-refractivity contribution in [2.24, 2.45) is 0 Å². The Kier molecular flexibility index (Phi) is 2.23. The first-order chi connectivity index (χ1) is 5.54. The highest BCUT2D eigenvalue weighted by molar-refractivity contribution is 7.14. The molecule has 1 aromatic rings. The summed E-state index contributed by atoms with van der Waals surface area (Å²) in [5, 5.41) is 11.1. The molecule has 1 aromatic heterocycles. The van der Waals surface area contributed by atoms with Crippen LogP contribution in [0.4, 0.5) is 5.00 Å². The Morgan fingerprint density at radius 1 is 1.67 bits per heavy atom. The Hall–Kier alpha value is -1.23. The SMILES string of the molecule is CN(C)C(=O)c1csc(N)c1O. The van der Waals surface area contributed by atoms with Gasteiger partial charge in [-0.1, -0.05) is 0 Å². The van der Waals surface area contributed by atoms with Crippen molar-refractivity contribution in [1.82, 2.24) is 4.90 Å². The summed E-state index contributed by atoms with van der Waals surface area (Å²) >= 11 is 1.16. The zero-order valence-electron chi connectivity index (χ0n) is 6.87. The summed E-state index contributed by atoms with van der Waals surface area (Å²) in [6.07, 6.45) is 0. The number of nitrogen functional groups attached to an aromatic ring is 1. The molecular formula is C7H10N2O2S. The topological polar surface area (TPSA) is 66.6 Å². The lowest BCUT2D eigenvalue weighted by Gasteiger charge is -2.08. The van der Waals surface area contributed by atoms with Gasteiger partial charge in [-0.25, -0.2) is 0 Å². The molecule has 1 rings (SSSR count). The fourth-order valence-corrected chi connectivity index (χ4v) is 1.44. The smallest absolute Gasteiger partial charge is 0.258 e. The van der Waals surface area contributed by atoms with E-state index in [0.29, 0.717) is 0 Å². The lowest BCUT2D eigenvalue weighted by Crippen LogP contribution is -2.21. The van der Waals surface area contributed by atoms with Crippen LogP contribution in [0.15, 0.2) is 5.38 Å². The van der Waals surface area contributed by atoms with E-state index in [9.17, 15) is 9.90 Å². The number of thiophene rings is 1. The highest BCUT2D eigenvalue weighted by atomic mass is 32.1. The Morgan fingerprint density at radius 2 is 2.25 bits per heavy atom. The van der Waals surface area contributed by atoms with E-state index < -0.39 is 0 Å². The molecule has 0 fully saturated rings. The van der Waals surface area contributed by atoms with Crippen molar-refractivity contribution < 1.29 is 9.90 Å². The number of amides is 1. The molecule has 66 valence electrons. The number of aromatic hydroxyl groups is 1. The zero-order chi connectivity index (χ0) is 9.30. The standard InChI is InChI=1S/C7H10N2O2S/c1-9(2)7(11)4-3-12-6(8)5(4)10/h3,10H,8H2,1-2H3. The number of rotatable bonds is 1. The first kappa shape index (κ1) is 8.86. The number of nitrogens with two attached hydrogens (primary N) is 1. The third kappa shape index (κ3) is 1.35. The van der Waals surface area contributed by atoms with Crippen LogP contribution in [-0.2, 0) is 0 Å². The van der Waals surface area contributed by atoms with Crippen molar-refractivity contribution in [3.05, 3.63) is 10.9 Å². The van der Waals surface area contributed by atoms with Gasteiger partial charge >= 0.3 is 0 Å². The second-order valence-electron chi connectivity index (χ2n) is 2.56. The molecule has 0 atom stereocenters. The fourth-order valence-electron chi connectivity index (χ4n) is 0.759. The lowest BCUT2D eigenvalue weighted by molar-refractivity contribution is 0.0825. The minimum Gasteiger partial charge on any atom is -0.504 e. The second kappa shape index (κ2) is 3.02. The van der Waals surface area contributed by atoms with E-state index in [1.165, 1.54) is 4.90 Å². The van der Waals surface area contributed by atoms with Gasteiger partial charge in [0.2, 0.25) is 0 Å². The molecule has 12 heavy (non-hydrogen) atoms. The molecule has 0 saturated heterocycles. The van der Waals surface area contributed by atoms with Crippen LogP contribution in [0.2, 0.25) is 0 Å². The molecule has 0 saturated carbocycles. The van der Waals surface area contributed by atoms with Crippen molar-refractivity contribution in [1.29, 1.82) is 0 Å². The lowest BCUT2D eigenvalue weighted by atomic mass is 10.3. The van der Waals surface area contributed by atoms with Crippen LogP contribution in [0, 0.1) is 0 Å². The van der Waals surface area contributed by atoms with Gasteiger partial charge in [0.05, 0.1) is 5.56 Å². The van der Waals surface area contributed by atoms with Crippen LogP contribution < -0.4 is 5.73 Å². The first-order valence-corrected chi connectivity index (χ1v) is 4.19. The van der Waals surface area contributed by atoms with Crippen molar-refractivity contribution in [2.45, 2.75) is 0 Å². The summed E-state index contributed by atoms with van der Waals surface area (Å²) in [7, 11) is 3.24. The van der Waals surface area contributed by atoms with E-state index in [4.69, 9.17) is 5.73 Å². The molecule has 0 aliphatic rings.